The molecule has 0 spiro atoms. The highest BCUT2D eigenvalue weighted by molar-refractivity contribution is 5.95. The summed E-state index contributed by atoms with van der Waals surface area (Å²) >= 11 is 0. The highest BCUT2D eigenvalue weighted by atomic mass is 16.2. The number of nitrogens with zero attached hydrogens (tertiary/aromatic N) is 2. The molecule has 108 valence electrons. The molecule has 1 aliphatic heterocycles. The second-order valence-corrected chi connectivity index (χ2v) is 5.66. The number of nitrogens with two attached hydrogens (primary N) is 1. The second-order valence-electron chi connectivity index (χ2n) is 5.66. The number of pyridine rings is 1. The van der Waals surface area contributed by atoms with Crippen molar-refractivity contribution in [2.75, 3.05) is 17.2 Å². The van der Waals surface area contributed by atoms with Crippen molar-refractivity contribution in [2.24, 2.45) is 5.92 Å². The number of para-hydroxylation sites is 1. The number of rotatable bonds is 3. The maximum absolute atomic E-state index is 12.2. The van der Waals surface area contributed by atoms with Crippen LogP contribution in [0.25, 0.3) is 0 Å². The van der Waals surface area contributed by atoms with Gasteiger partial charge in [0.15, 0.2) is 0 Å². The molecule has 1 aromatic heterocycles. The number of carbonyl (C=O) groups is 1. The van der Waals surface area contributed by atoms with Gasteiger partial charge in [-0.05, 0) is 42.5 Å². The molecular weight excluding hydrogens is 262 g/mol. The molecule has 4 heteroatoms. The average molecular weight is 281 g/mol. The first kappa shape index (κ1) is 13.6. The molecule has 21 heavy (non-hydrogen) atoms. The number of hydrogen-bond donors (Lipinski definition) is 1. The molecule has 0 unspecified atom stereocenters. The third-order valence-electron chi connectivity index (χ3n) is 3.97. The van der Waals surface area contributed by atoms with Crippen LogP contribution >= 0.6 is 0 Å². The fourth-order valence-electron chi connectivity index (χ4n) is 2.86. The second kappa shape index (κ2) is 5.56. The first-order valence-electron chi connectivity index (χ1n) is 7.20. The summed E-state index contributed by atoms with van der Waals surface area (Å²) in [6.07, 6.45) is 3.28. The number of nitrogen functional groups attached to an aromatic ring is 1. The van der Waals surface area contributed by atoms with Gasteiger partial charge in [-0.1, -0.05) is 24.3 Å². The maximum Gasteiger partial charge on any atom is 0.227 e. The fourth-order valence-corrected chi connectivity index (χ4v) is 2.86. The summed E-state index contributed by atoms with van der Waals surface area (Å²) in [4.78, 5) is 18.3. The highest BCUT2D eigenvalue weighted by Gasteiger charge is 2.30. The summed E-state index contributed by atoms with van der Waals surface area (Å²) in [6.45, 7) is 2.73. The number of carbonyl (C=O) groups excluding carboxylic acids is 1. The Balaban J connectivity index is 1.71. The summed E-state index contributed by atoms with van der Waals surface area (Å²) < 4.78 is 0. The molecule has 1 saturated heterocycles. The minimum absolute atomic E-state index is 0.200. The van der Waals surface area contributed by atoms with Crippen molar-refractivity contribution in [1.29, 1.82) is 0 Å². The zero-order chi connectivity index (χ0) is 14.8. The van der Waals surface area contributed by atoms with E-state index in [1.165, 1.54) is 0 Å². The normalized spacial score (nSPS) is 18.2. The van der Waals surface area contributed by atoms with Gasteiger partial charge in [0.1, 0.15) is 5.82 Å². The number of anilines is 2. The Hall–Kier alpha value is -2.36. The molecule has 0 radical (unpaired) electrons. The Labute approximate surface area is 124 Å². The van der Waals surface area contributed by atoms with Gasteiger partial charge in [-0.3, -0.25) is 4.79 Å². The van der Waals surface area contributed by atoms with Crippen LogP contribution in [0, 0.1) is 12.8 Å². The third kappa shape index (κ3) is 2.89. The summed E-state index contributed by atoms with van der Waals surface area (Å²) in [6, 6.07) is 11.9. The van der Waals surface area contributed by atoms with E-state index in [1.54, 1.807) is 0 Å². The SMILES string of the molecule is Cc1cc(C[C@H]2CC(=O)N(c3ccccc3)C2)cnc1N. The highest BCUT2D eigenvalue weighted by Crippen LogP contribution is 2.27. The largest absolute Gasteiger partial charge is 0.383 e. The Morgan fingerprint density at radius 2 is 2.10 bits per heavy atom. The minimum atomic E-state index is 0.200. The van der Waals surface area contributed by atoms with Crippen LogP contribution in [0.2, 0.25) is 0 Å². The molecule has 1 amide bonds. The Morgan fingerprint density at radius 3 is 2.81 bits per heavy atom. The van der Waals surface area contributed by atoms with Crippen molar-refractivity contribution in [1.82, 2.24) is 4.98 Å². The van der Waals surface area contributed by atoms with Gasteiger partial charge in [0, 0.05) is 24.8 Å². The van der Waals surface area contributed by atoms with E-state index < -0.39 is 0 Å². The van der Waals surface area contributed by atoms with Gasteiger partial charge in [-0.15, -0.1) is 0 Å². The van der Waals surface area contributed by atoms with Crippen LogP contribution in [-0.4, -0.2) is 17.4 Å². The topological polar surface area (TPSA) is 59.2 Å². The van der Waals surface area contributed by atoms with E-state index in [9.17, 15) is 4.79 Å². The quantitative estimate of drug-likeness (QED) is 0.940. The lowest BCUT2D eigenvalue weighted by atomic mass is 9.99. The summed E-state index contributed by atoms with van der Waals surface area (Å²) in [7, 11) is 0. The number of aryl methyl sites for hydroxylation is 1. The lowest BCUT2D eigenvalue weighted by Gasteiger charge is -2.16. The van der Waals surface area contributed by atoms with Crippen LogP contribution in [0.4, 0.5) is 11.5 Å². The third-order valence-corrected chi connectivity index (χ3v) is 3.97. The van der Waals surface area contributed by atoms with E-state index in [1.807, 2.05) is 48.4 Å². The summed E-state index contributed by atoms with van der Waals surface area (Å²) in [5.74, 6) is 1.11. The van der Waals surface area contributed by atoms with Crippen molar-refractivity contribution in [3.05, 3.63) is 53.7 Å². The minimum Gasteiger partial charge on any atom is -0.383 e. The summed E-state index contributed by atoms with van der Waals surface area (Å²) in [5, 5.41) is 0. The van der Waals surface area contributed by atoms with Gasteiger partial charge in [0.25, 0.3) is 0 Å². The van der Waals surface area contributed by atoms with Gasteiger partial charge in [0.05, 0.1) is 0 Å². The van der Waals surface area contributed by atoms with Crippen LogP contribution in [0.1, 0.15) is 17.5 Å². The number of amides is 1. The van der Waals surface area contributed by atoms with E-state index in [-0.39, 0.29) is 5.91 Å². The van der Waals surface area contributed by atoms with Crippen LogP contribution in [0.3, 0.4) is 0 Å². The van der Waals surface area contributed by atoms with Crippen LogP contribution in [0.5, 0.6) is 0 Å². The predicted octanol–water partition coefficient (Wildman–Crippen LogP) is 2.57. The van der Waals surface area contributed by atoms with Crippen LogP contribution in [-0.2, 0) is 11.2 Å². The molecule has 4 nitrogen and oxygen atoms in total. The van der Waals surface area contributed by atoms with Gasteiger partial charge in [-0.2, -0.15) is 0 Å². The lowest BCUT2D eigenvalue weighted by molar-refractivity contribution is -0.117. The zero-order valence-corrected chi connectivity index (χ0v) is 12.1. The molecule has 2 N–H and O–H groups in total. The van der Waals surface area contributed by atoms with Gasteiger partial charge >= 0.3 is 0 Å². The lowest BCUT2D eigenvalue weighted by Crippen LogP contribution is -2.24. The van der Waals surface area contributed by atoms with E-state index in [4.69, 9.17) is 5.73 Å². The molecule has 1 atom stereocenters. The smallest absolute Gasteiger partial charge is 0.227 e. The van der Waals surface area contributed by atoms with Crippen molar-refractivity contribution in [2.45, 2.75) is 19.8 Å². The van der Waals surface area contributed by atoms with Crippen molar-refractivity contribution >= 4 is 17.4 Å². The van der Waals surface area contributed by atoms with Gasteiger partial charge < -0.3 is 10.6 Å². The van der Waals surface area contributed by atoms with Crippen molar-refractivity contribution in [3.63, 3.8) is 0 Å². The van der Waals surface area contributed by atoms with E-state index in [2.05, 4.69) is 11.1 Å². The summed E-state index contributed by atoms with van der Waals surface area (Å²) in [5.41, 5.74) is 8.87. The predicted molar refractivity (Wildman–Crippen MR) is 84.0 cm³/mol. The Bertz CT molecular complexity index is 654. The van der Waals surface area contributed by atoms with Crippen LogP contribution in [0.15, 0.2) is 42.6 Å². The molecule has 1 aromatic carbocycles. The molecule has 1 fully saturated rings. The molecule has 3 rings (SSSR count). The number of hydrogen-bond acceptors (Lipinski definition) is 3. The van der Waals surface area contributed by atoms with E-state index in [0.29, 0.717) is 18.2 Å². The van der Waals surface area contributed by atoms with Gasteiger partial charge in [-0.25, -0.2) is 4.98 Å². The number of aromatic nitrogens is 1. The molecule has 1 aliphatic rings. The molecule has 2 heterocycles. The van der Waals surface area contributed by atoms with E-state index >= 15 is 0 Å². The van der Waals surface area contributed by atoms with Gasteiger partial charge in [0.2, 0.25) is 5.91 Å². The molecule has 2 aromatic rings. The molecule has 0 bridgehead atoms. The Kier molecular flexibility index (Phi) is 3.60. The fraction of sp³-hybridized carbons (Fsp3) is 0.294. The molecule has 0 aliphatic carbocycles. The average Bonchev–Trinajstić information content (AvgIpc) is 2.84. The molecule has 0 saturated carbocycles. The Morgan fingerprint density at radius 1 is 1.33 bits per heavy atom. The van der Waals surface area contributed by atoms with Crippen LogP contribution < -0.4 is 10.6 Å². The zero-order valence-electron chi connectivity index (χ0n) is 12.1. The van der Waals surface area contributed by atoms with Crippen molar-refractivity contribution in [3.8, 4) is 0 Å². The van der Waals surface area contributed by atoms with Crippen molar-refractivity contribution < 1.29 is 4.79 Å². The monoisotopic (exact) mass is 281 g/mol. The first-order chi connectivity index (χ1) is 10.1. The van der Waals surface area contributed by atoms with E-state index in [0.717, 1.165) is 29.8 Å². The first-order valence-corrected chi connectivity index (χ1v) is 7.20. The standard InChI is InChI=1S/C17H19N3O/c1-12-7-13(10-19-17(12)18)8-14-9-16(21)20(11-14)15-5-3-2-4-6-15/h2-7,10,14H,8-9,11H2,1H3,(H2,18,19)/t14-/m0/s1. The number of benzene rings is 1. The maximum atomic E-state index is 12.2. The molecular formula is C17H19N3O.